The molecular formula is C27H34F2N8O2. The Labute approximate surface area is 226 Å². The van der Waals surface area contributed by atoms with Gasteiger partial charge in [0.1, 0.15) is 17.4 Å². The molecule has 1 amide bonds. The van der Waals surface area contributed by atoms with Crippen LogP contribution >= 0.6 is 0 Å². The molecule has 0 saturated carbocycles. The average Bonchev–Trinajstić information content (AvgIpc) is 2.89. The number of aromatic nitrogens is 2. The summed E-state index contributed by atoms with van der Waals surface area (Å²) < 4.78 is 29.4. The van der Waals surface area contributed by atoms with E-state index in [1.54, 1.807) is 31.4 Å². The van der Waals surface area contributed by atoms with E-state index in [-0.39, 0.29) is 17.1 Å². The van der Waals surface area contributed by atoms with Gasteiger partial charge in [0, 0.05) is 31.0 Å². The van der Waals surface area contributed by atoms with Crippen molar-refractivity contribution in [3.05, 3.63) is 65.4 Å². The van der Waals surface area contributed by atoms with Crippen molar-refractivity contribution in [2.45, 2.75) is 26.4 Å². The van der Waals surface area contributed by atoms with Gasteiger partial charge in [-0.1, -0.05) is 12.1 Å². The van der Waals surface area contributed by atoms with Gasteiger partial charge >= 0.3 is 6.61 Å². The monoisotopic (exact) mass is 540 g/mol. The second-order valence-electron chi connectivity index (χ2n) is 9.00. The number of nitrogens with two attached hydrogens (primary N) is 1. The van der Waals surface area contributed by atoms with E-state index >= 15 is 0 Å². The number of carbonyl (C=O) groups excluding carboxylic acids is 1. The van der Waals surface area contributed by atoms with E-state index in [2.05, 4.69) is 40.5 Å². The number of unbranched alkanes of at least 4 members (excludes halogenated alkanes) is 1. The van der Waals surface area contributed by atoms with E-state index in [0.29, 0.717) is 28.7 Å². The molecule has 0 atom stereocenters. The van der Waals surface area contributed by atoms with Crippen molar-refractivity contribution >= 4 is 34.9 Å². The van der Waals surface area contributed by atoms with Gasteiger partial charge in [-0.2, -0.15) is 13.8 Å². The maximum absolute atomic E-state index is 12.7. The van der Waals surface area contributed by atoms with Crippen molar-refractivity contribution in [2.24, 2.45) is 10.7 Å². The number of amidine groups is 1. The van der Waals surface area contributed by atoms with Gasteiger partial charge in [0.15, 0.2) is 0 Å². The Bertz CT molecular complexity index is 1300. The van der Waals surface area contributed by atoms with Crippen LogP contribution in [-0.2, 0) is 0 Å². The number of ether oxygens (including phenoxy) is 1. The second kappa shape index (κ2) is 14.0. The van der Waals surface area contributed by atoms with E-state index in [0.717, 1.165) is 31.5 Å². The summed E-state index contributed by atoms with van der Waals surface area (Å²) in [6.45, 7) is 0.651. The number of rotatable bonds is 13. The summed E-state index contributed by atoms with van der Waals surface area (Å²) in [6.07, 6.45) is 3.66. The first-order chi connectivity index (χ1) is 18.7. The number of amides is 1. The number of nitrogens with zero attached hydrogens (tertiary/aromatic N) is 4. The van der Waals surface area contributed by atoms with Gasteiger partial charge in [-0.15, -0.1) is 0 Å². The smallest absolute Gasteiger partial charge is 0.387 e. The van der Waals surface area contributed by atoms with Gasteiger partial charge in [-0.25, -0.2) is 9.98 Å². The quantitative estimate of drug-likeness (QED) is 0.142. The Kier molecular flexibility index (Phi) is 10.5. The molecule has 1 aromatic heterocycles. The molecule has 3 aromatic rings. The minimum atomic E-state index is -2.98. The fraction of sp³-hybridized carbons (Fsp3) is 0.333. The first kappa shape index (κ1) is 29.2. The lowest BCUT2D eigenvalue weighted by Gasteiger charge is -2.12. The summed E-state index contributed by atoms with van der Waals surface area (Å²) in [5.41, 5.74) is 8.84. The first-order valence-corrected chi connectivity index (χ1v) is 12.4. The van der Waals surface area contributed by atoms with Crippen LogP contribution in [0.4, 0.5) is 31.9 Å². The molecule has 12 heteroatoms. The molecule has 0 aliphatic heterocycles. The van der Waals surface area contributed by atoms with Gasteiger partial charge in [0.25, 0.3) is 5.91 Å². The molecular weight excluding hydrogens is 506 g/mol. The average molecular weight is 541 g/mol. The molecule has 0 radical (unpaired) electrons. The van der Waals surface area contributed by atoms with Crippen LogP contribution in [0, 0.1) is 6.92 Å². The molecule has 208 valence electrons. The zero-order valence-electron chi connectivity index (χ0n) is 22.5. The maximum Gasteiger partial charge on any atom is 0.387 e. The van der Waals surface area contributed by atoms with Crippen molar-refractivity contribution in [1.29, 1.82) is 0 Å². The van der Waals surface area contributed by atoms with Crippen molar-refractivity contribution in [2.75, 3.05) is 50.2 Å². The molecule has 39 heavy (non-hydrogen) atoms. The molecule has 3 rings (SSSR count). The van der Waals surface area contributed by atoms with Gasteiger partial charge < -0.3 is 31.3 Å². The topological polar surface area (TPSA) is 130 Å². The first-order valence-electron chi connectivity index (χ1n) is 12.4. The maximum atomic E-state index is 12.7. The van der Waals surface area contributed by atoms with Gasteiger partial charge in [-0.3, -0.25) is 4.79 Å². The van der Waals surface area contributed by atoms with Crippen LogP contribution in [0.5, 0.6) is 5.75 Å². The van der Waals surface area contributed by atoms with Gasteiger partial charge in [0.2, 0.25) is 5.95 Å². The zero-order valence-corrected chi connectivity index (χ0v) is 22.5. The van der Waals surface area contributed by atoms with Crippen molar-refractivity contribution in [1.82, 2.24) is 14.9 Å². The number of carbonyl (C=O) groups is 1. The molecule has 0 aliphatic rings. The predicted molar refractivity (Wildman–Crippen MR) is 150 cm³/mol. The van der Waals surface area contributed by atoms with E-state index < -0.39 is 12.5 Å². The highest BCUT2D eigenvalue weighted by Crippen LogP contribution is 2.25. The van der Waals surface area contributed by atoms with Crippen LogP contribution < -0.4 is 26.4 Å². The highest BCUT2D eigenvalue weighted by atomic mass is 19.3. The number of benzene rings is 2. The fourth-order valence-corrected chi connectivity index (χ4v) is 3.61. The fourth-order valence-electron chi connectivity index (χ4n) is 3.61. The molecule has 5 N–H and O–H groups in total. The van der Waals surface area contributed by atoms with Crippen molar-refractivity contribution in [3.8, 4) is 5.75 Å². The molecule has 0 unspecified atom stereocenters. The van der Waals surface area contributed by atoms with E-state index in [9.17, 15) is 13.6 Å². The van der Waals surface area contributed by atoms with Gasteiger partial charge in [0.05, 0.1) is 11.3 Å². The van der Waals surface area contributed by atoms with Crippen LogP contribution in [0.15, 0.2) is 53.7 Å². The van der Waals surface area contributed by atoms with E-state index in [4.69, 9.17) is 5.73 Å². The minimum absolute atomic E-state index is 0.104. The summed E-state index contributed by atoms with van der Waals surface area (Å²) >= 11 is 0. The summed E-state index contributed by atoms with van der Waals surface area (Å²) in [6, 6.07) is 10.7. The SMILES string of the molecule is CNc1nc(NCCCCN(C)C)ncc1C(N)=Nc1cc(NC(=O)c2cccc(OC(F)F)c2)ccc1C. The van der Waals surface area contributed by atoms with Crippen LogP contribution in [0.1, 0.15) is 34.3 Å². The third-order valence-corrected chi connectivity index (χ3v) is 5.65. The predicted octanol–water partition coefficient (Wildman–Crippen LogP) is 4.47. The van der Waals surface area contributed by atoms with Crippen LogP contribution in [-0.4, -0.2) is 67.5 Å². The molecule has 0 bridgehead atoms. The molecule has 0 spiro atoms. The molecule has 1 heterocycles. The molecule has 0 aliphatic carbocycles. The number of hydrogen-bond acceptors (Lipinski definition) is 8. The lowest BCUT2D eigenvalue weighted by atomic mass is 10.1. The highest BCUT2D eigenvalue weighted by Gasteiger charge is 2.13. The Morgan fingerprint density at radius 2 is 1.97 bits per heavy atom. The Morgan fingerprint density at radius 1 is 1.18 bits per heavy atom. The summed E-state index contributed by atoms with van der Waals surface area (Å²) in [5.74, 6) is 0.616. The Hall–Kier alpha value is -4.32. The van der Waals surface area contributed by atoms with E-state index in [1.165, 1.54) is 24.3 Å². The number of alkyl halides is 2. The highest BCUT2D eigenvalue weighted by molar-refractivity contribution is 6.05. The molecule has 2 aromatic carbocycles. The number of nitrogens with one attached hydrogen (secondary N) is 3. The summed E-state index contributed by atoms with van der Waals surface area (Å²) in [5, 5.41) is 9.00. The Balaban J connectivity index is 1.73. The molecule has 0 saturated heterocycles. The number of halogens is 2. The third-order valence-electron chi connectivity index (χ3n) is 5.65. The third kappa shape index (κ3) is 8.88. The summed E-state index contributed by atoms with van der Waals surface area (Å²) in [7, 11) is 5.83. The summed E-state index contributed by atoms with van der Waals surface area (Å²) in [4.78, 5) is 28.3. The Morgan fingerprint density at radius 3 is 2.69 bits per heavy atom. The second-order valence-corrected chi connectivity index (χ2v) is 9.00. The standard InChI is InChI=1S/C27H34F2N8O2/c1-17-10-11-19(34-25(38)18-8-7-9-20(14-18)39-26(28)29)15-22(17)35-23(30)21-16-33-27(36-24(21)31-2)32-12-5-6-13-37(3)4/h7-11,14-16,26H,5-6,12-13H2,1-4H3,(H2,30,35)(H,34,38)(H2,31,32,33,36). The van der Waals surface area contributed by atoms with Crippen molar-refractivity contribution in [3.63, 3.8) is 0 Å². The van der Waals surface area contributed by atoms with Crippen LogP contribution in [0.3, 0.4) is 0 Å². The lowest BCUT2D eigenvalue weighted by Crippen LogP contribution is -2.18. The largest absolute Gasteiger partial charge is 0.435 e. The van der Waals surface area contributed by atoms with Crippen molar-refractivity contribution < 1.29 is 18.3 Å². The zero-order chi connectivity index (χ0) is 28.4. The lowest BCUT2D eigenvalue weighted by molar-refractivity contribution is -0.0498. The normalized spacial score (nSPS) is 11.5. The van der Waals surface area contributed by atoms with Crippen LogP contribution in [0.2, 0.25) is 0 Å². The number of anilines is 3. The number of aliphatic imine (C=N–C) groups is 1. The minimum Gasteiger partial charge on any atom is -0.435 e. The van der Waals surface area contributed by atoms with Crippen LogP contribution in [0.25, 0.3) is 0 Å². The number of aryl methyl sites for hydroxylation is 1. The number of hydrogen-bond donors (Lipinski definition) is 4. The van der Waals surface area contributed by atoms with E-state index in [1.807, 2.05) is 21.0 Å². The van der Waals surface area contributed by atoms with Gasteiger partial charge in [-0.05, 0) is 76.3 Å². The molecule has 0 fully saturated rings. The molecule has 10 nitrogen and oxygen atoms in total.